The highest BCUT2D eigenvalue weighted by atomic mass is 16.5. The van der Waals surface area contributed by atoms with E-state index in [0.717, 1.165) is 30.7 Å². The summed E-state index contributed by atoms with van der Waals surface area (Å²) in [5, 5.41) is 7.78. The Kier molecular flexibility index (Phi) is 3.41. The molecule has 0 aliphatic carbocycles. The van der Waals surface area contributed by atoms with Crippen LogP contribution >= 0.6 is 0 Å². The van der Waals surface area contributed by atoms with Crippen LogP contribution in [0.25, 0.3) is 11.0 Å². The summed E-state index contributed by atoms with van der Waals surface area (Å²) in [4.78, 5) is 10.9. The van der Waals surface area contributed by atoms with E-state index in [1.165, 1.54) is 0 Å². The van der Waals surface area contributed by atoms with Gasteiger partial charge in [0.25, 0.3) is 0 Å². The molecule has 3 rings (SSSR count). The first-order valence-corrected chi connectivity index (χ1v) is 6.68. The van der Waals surface area contributed by atoms with Crippen LogP contribution in [0.1, 0.15) is 13.3 Å². The van der Waals surface area contributed by atoms with Crippen molar-refractivity contribution in [2.75, 3.05) is 30.5 Å². The molecular weight excluding hydrogens is 258 g/mol. The minimum Gasteiger partial charge on any atom is -0.379 e. The smallest absolute Gasteiger partial charge is 0.241 e. The van der Waals surface area contributed by atoms with Gasteiger partial charge in [-0.2, -0.15) is 15.1 Å². The molecule has 0 spiro atoms. The van der Waals surface area contributed by atoms with Crippen LogP contribution in [-0.2, 0) is 4.74 Å². The lowest BCUT2D eigenvalue weighted by atomic mass is 9.96. The van der Waals surface area contributed by atoms with Crippen molar-refractivity contribution in [2.45, 2.75) is 19.4 Å². The van der Waals surface area contributed by atoms with Gasteiger partial charge in [0, 0.05) is 20.2 Å². The summed E-state index contributed by atoms with van der Waals surface area (Å²) in [6, 6.07) is 0. The van der Waals surface area contributed by atoms with Gasteiger partial charge in [0.1, 0.15) is 5.82 Å². The van der Waals surface area contributed by atoms with Gasteiger partial charge in [-0.15, -0.1) is 0 Å². The van der Waals surface area contributed by atoms with Crippen LogP contribution in [0.2, 0.25) is 0 Å². The second kappa shape index (κ2) is 5.22. The second-order valence-corrected chi connectivity index (χ2v) is 5.13. The molecule has 4 N–H and O–H groups in total. The number of nitrogens with one attached hydrogen (secondary N) is 2. The quantitative estimate of drug-likeness (QED) is 0.554. The number of H-pyrrole nitrogens is 1. The zero-order valence-corrected chi connectivity index (χ0v) is 11.6. The molecule has 2 atom stereocenters. The first-order chi connectivity index (χ1) is 9.72. The van der Waals surface area contributed by atoms with Crippen LogP contribution in [0, 0.1) is 5.92 Å². The molecule has 1 fully saturated rings. The van der Waals surface area contributed by atoms with Gasteiger partial charge >= 0.3 is 0 Å². The zero-order chi connectivity index (χ0) is 14.1. The summed E-state index contributed by atoms with van der Waals surface area (Å²) in [5.41, 5.74) is 3.17. The fourth-order valence-corrected chi connectivity index (χ4v) is 2.66. The first kappa shape index (κ1) is 13.1. The number of rotatable bonds is 3. The summed E-state index contributed by atoms with van der Waals surface area (Å²) < 4.78 is 5.56. The number of nitrogens with zero attached hydrogens (tertiary/aromatic N) is 4. The Morgan fingerprint density at radius 1 is 1.50 bits per heavy atom. The van der Waals surface area contributed by atoms with Gasteiger partial charge in [0.05, 0.1) is 17.7 Å². The number of nitrogens with two attached hydrogens (primary N) is 1. The largest absolute Gasteiger partial charge is 0.379 e. The van der Waals surface area contributed by atoms with Gasteiger partial charge in [-0.05, 0) is 12.3 Å². The Hall–Kier alpha value is -1.93. The monoisotopic (exact) mass is 277 g/mol. The molecule has 8 heteroatoms. The number of nitrogen functional groups attached to an aromatic ring is 1. The van der Waals surface area contributed by atoms with Crippen LogP contribution in [-0.4, -0.2) is 46.5 Å². The van der Waals surface area contributed by atoms with Crippen LogP contribution in [0.3, 0.4) is 0 Å². The Bertz CT molecular complexity index is 599. The molecule has 20 heavy (non-hydrogen) atoms. The van der Waals surface area contributed by atoms with Crippen molar-refractivity contribution >= 4 is 22.8 Å². The number of methoxy groups -OCH3 is 1. The molecule has 108 valence electrons. The van der Waals surface area contributed by atoms with E-state index in [0.29, 0.717) is 17.5 Å². The number of ether oxygens (including phenoxy) is 1. The fraction of sp³-hybridized carbons (Fsp3) is 0.583. The molecule has 1 aliphatic rings. The average Bonchev–Trinajstić information content (AvgIpc) is 2.95. The summed E-state index contributed by atoms with van der Waals surface area (Å²) in [5.74, 6) is 7.19. The molecule has 0 aromatic carbocycles. The predicted molar refractivity (Wildman–Crippen MR) is 76.3 cm³/mol. The lowest BCUT2D eigenvalue weighted by Gasteiger charge is -2.37. The lowest BCUT2D eigenvalue weighted by Crippen LogP contribution is -2.44. The number of piperidine rings is 1. The van der Waals surface area contributed by atoms with E-state index >= 15 is 0 Å². The maximum absolute atomic E-state index is 5.56. The molecule has 3 heterocycles. The normalized spacial score (nSPS) is 23.2. The number of hydrazine groups is 1. The van der Waals surface area contributed by atoms with E-state index in [-0.39, 0.29) is 6.10 Å². The van der Waals surface area contributed by atoms with E-state index in [1.54, 1.807) is 13.3 Å². The van der Waals surface area contributed by atoms with Gasteiger partial charge in [-0.1, -0.05) is 6.92 Å². The van der Waals surface area contributed by atoms with E-state index in [9.17, 15) is 0 Å². The molecule has 1 aliphatic heterocycles. The number of aromatic amines is 1. The number of aromatic nitrogens is 4. The number of fused-ring (bicyclic) bond motifs is 1. The van der Waals surface area contributed by atoms with Gasteiger partial charge in [-0.25, -0.2) is 5.84 Å². The van der Waals surface area contributed by atoms with Crippen LogP contribution in [0.4, 0.5) is 11.8 Å². The molecule has 2 aromatic heterocycles. The maximum Gasteiger partial charge on any atom is 0.241 e. The average molecular weight is 277 g/mol. The molecule has 8 nitrogen and oxygen atoms in total. The third-order valence-electron chi connectivity index (χ3n) is 3.91. The fourth-order valence-electron chi connectivity index (χ4n) is 2.66. The summed E-state index contributed by atoms with van der Waals surface area (Å²) >= 11 is 0. The Balaban J connectivity index is 1.98. The SMILES string of the molecule is COC1CN(c2nc(NN)nc3[nH]ncc23)CCC1C. The molecule has 2 unspecified atom stereocenters. The molecule has 0 radical (unpaired) electrons. The summed E-state index contributed by atoms with van der Waals surface area (Å²) in [7, 11) is 1.75. The molecule has 1 saturated heterocycles. The minimum atomic E-state index is 0.204. The standard InChI is InChI=1S/C12H19N7O/c1-7-3-4-19(6-9(7)20-2)11-8-5-14-18-10(8)15-12(16-11)17-13/h5,7,9H,3-4,6,13H2,1-2H3,(H2,14,15,16,17,18). The number of hydrogen-bond donors (Lipinski definition) is 3. The third-order valence-corrected chi connectivity index (χ3v) is 3.91. The number of hydrogen-bond acceptors (Lipinski definition) is 7. The Morgan fingerprint density at radius 3 is 3.10 bits per heavy atom. The van der Waals surface area contributed by atoms with Crippen LogP contribution in [0.15, 0.2) is 6.20 Å². The van der Waals surface area contributed by atoms with Gasteiger partial charge in [-0.3, -0.25) is 10.5 Å². The van der Waals surface area contributed by atoms with Crippen molar-refractivity contribution in [3.63, 3.8) is 0 Å². The predicted octanol–water partition coefficient (Wildman–Crippen LogP) is 0.500. The molecule has 0 bridgehead atoms. The maximum atomic E-state index is 5.56. The first-order valence-electron chi connectivity index (χ1n) is 6.68. The minimum absolute atomic E-state index is 0.204. The highest BCUT2D eigenvalue weighted by Gasteiger charge is 2.28. The summed E-state index contributed by atoms with van der Waals surface area (Å²) in [6.45, 7) is 3.95. The topological polar surface area (TPSA) is 105 Å². The highest BCUT2D eigenvalue weighted by Crippen LogP contribution is 2.28. The molecule has 0 amide bonds. The zero-order valence-electron chi connectivity index (χ0n) is 11.6. The molecule has 0 saturated carbocycles. The van der Waals surface area contributed by atoms with Gasteiger partial charge in [0.15, 0.2) is 5.65 Å². The lowest BCUT2D eigenvalue weighted by molar-refractivity contribution is 0.0497. The van der Waals surface area contributed by atoms with E-state index < -0.39 is 0 Å². The molecular formula is C12H19N7O. The van der Waals surface area contributed by atoms with Crippen molar-refractivity contribution in [2.24, 2.45) is 11.8 Å². The number of anilines is 2. The Labute approximate surface area is 116 Å². The van der Waals surface area contributed by atoms with E-state index in [4.69, 9.17) is 10.6 Å². The van der Waals surface area contributed by atoms with Crippen LogP contribution in [0.5, 0.6) is 0 Å². The Morgan fingerprint density at radius 2 is 2.35 bits per heavy atom. The van der Waals surface area contributed by atoms with Gasteiger partial charge in [0.2, 0.25) is 5.95 Å². The van der Waals surface area contributed by atoms with E-state index in [1.807, 2.05) is 0 Å². The van der Waals surface area contributed by atoms with Gasteiger partial charge < -0.3 is 9.64 Å². The van der Waals surface area contributed by atoms with Crippen molar-refractivity contribution in [1.29, 1.82) is 0 Å². The van der Waals surface area contributed by atoms with E-state index in [2.05, 4.69) is 37.4 Å². The van der Waals surface area contributed by atoms with Crippen molar-refractivity contribution in [3.05, 3.63) is 6.20 Å². The van der Waals surface area contributed by atoms with Crippen LogP contribution < -0.4 is 16.2 Å². The van der Waals surface area contributed by atoms with Crippen molar-refractivity contribution < 1.29 is 4.74 Å². The second-order valence-electron chi connectivity index (χ2n) is 5.13. The third kappa shape index (κ3) is 2.16. The highest BCUT2D eigenvalue weighted by molar-refractivity contribution is 5.87. The molecule has 2 aromatic rings. The van der Waals surface area contributed by atoms with Crippen molar-refractivity contribution in [1.82, 2.24) is 20.2 Å². The summed E-state index contributed by atoms with van der Waals surface area (Å²) in [6.07, 6.45) is 3.01. The van der Waals surface area contributed by atoms with Crippen molar-refractivity contribution in [3.8, 4) is 0 Å².